The monoisotopic (exact) mass is 206 g/mol. The summed E-state index contributed by atoms with van der Waals surface area (Å²) in [5.41, 5.74) is 8.06. The third kappa shape index (κ3) is 2.45. The first-order chi connectivity index (χ1) is 7.29. The Bertz CT molecular complexity index is 337. The van der Waals surface area contributed by atoms with Crippen LogP contribution in [0.2, 0.25) is 0 Å². The molecule has 0 amide bonds. The van der Waals surface area contributed by atoms with Crippen LogP contribution in [0.25, 0.3) is 0 Å². The van der Waals surface area contributed by atoms with Gasteiger partial charge >= 0.3 is 0 Å². The highest BCUT2D eigenvalue weighted by atomic mass is 15.1. The lowest BCUT2D eigenvalue weighted by molar-refractivity contribution is 0.661. The average Bonchev–Trinajstić information content (AvgIpc) is 2.29. The molecule has 1 atom stereocenters. The van der Waals surface area contributed by atoms with E-state index >= 15 is 0 Å². The van der Waals surface area contributed by atoms with Gasteiger partial charge in [-0.05, 0) is 38.2 Å². The fourth-order valence-corrected chi connectivity index (χ4v) is 1.82. The van der Waals surface area contributed by atoms with Crippen molar-refractivity contribution in [2.24, 2.45) is 5.73 Å². The number of aromatic nitrogens is 2. The molecule has 4 nitrogen and oxygen atoms in total. The maximum atomic E-state index is 5.54. The first-order valence-corrected chi connectivity index (χ1v) is 5.61. The van der Waals surface area contributed by atoms with Crippen molar-refractivity contribution < 1.29 is 0 Å². The van der Waals surface area contributed by atoms with Crippen LogP contribution in [0.15, 0.2) is 6.20 Å². The molecule has 0 radical (unpaired) electrons. The van der Waals surface area contributed by atoms with Crippen LogP contribution in [0.4, 0.5) is 5.95 Å². The molecule has 1 aromatic heterocycles. The molecule has 0 bridgehead atoms. The van der Waals surface area contributed by atoms with Gasteiger partial charge in [-0.2, -0.15) is 0 Å². The van der Waals surface area contributed by atoms with Crippen LogP contribution in [0.1, 0.15) is 31.0 Å². The van der Waals surface area contributed by atoms with E-state index in [0.717, 1.165) is 12.8 Å². The molecule has 3 N–H and O–H groups in total. The predicted molar refractivity (Wildman–Crippen MR) is 60.8 cm³/mol. The molecule has 0 aromatic carbocycles. The van der Waals surface area contributed by atoms with Crippen LogP contribution in [0.3, 0.4) is 0 Å². The van der Waals surface area contributed by atoms with Gasteiger partial charge in [0.1, 0.15) is 0 Å². The minimum absolute atomic E-state index is 0.228. The van der Waals surface area contributed by atoms with Gasteiger partial charge in [-0.25, -0.2) is 9.97 Å². The van der Waals surface area contributed by atoms with Gasteiger partial charge < -0.3 is 11.1 Å². The summed E-state index contributed by atoms with van der Waals surface area (Å²) in [4.78, 5) is 8.83. The van der Waals surface area contributed by atoms with Gasteiger partial charge in [0, 0.05) is 24.5 Å². The van der Waals surface area contributed by atoms with E-state index in [9.17, 15) is 0 Å². The summed E-state index contributed by atoms with van der Waals surface area (Å²) in [5.74, 6) is 0.716. The summed E-state index contributed by atoms with van der Waals surface area (Å²) in [6.07, 6.45) is 6.68. The van der Waals surface area contributed by atoms with Gasteiger partial charge in [-0.15, -0.1) is 0 Å². The number of hydrogen-bond donors (Lipinski definition) is 2. The number of nitrogens with two attached hydrogens (primary N) is 1. The van der Waals surface area contributed by atoms with Crippen molar-refractivity contribution in [3.8, 4) is 0 Å². The molecule has 0 saturated carbocycles. The second kappa shape index (κ2) is 4.57. The van der Waals surface area contributed by atoms with E-state index in [0.29, 0.717) is 12.5 Å². The minimum Gasteiger partial charge on any atom is -0.350 e. The number of rotatable bonds is 3. The zero-order valence-corrected chi connectivity index (χ0v) is 9.16. The Hall–Kier alpha value is -1.16. The van der Waals surface area contributed by atoms with Crippen LogP contribution in [0.5, 0.6) is 0 Å². The van der Waals surface area contributed by atoms with Crippen LogP contribution in [-0.4, -0.2) is 22.6 Å². The van der Waals surface area contributed by atoms with Crippen LogP contribution >= 0.6 is 0 Å². The standard InChI is InChI=1S/C11H18N4/c1-8(6-12)14-11-13-7-9-4-2-3-5-10(9)15-11/h7-8H,2-6,12H2,1H3,(H,13,14,15). The molecule has 1 aliphatic carbocycles. The van der Waals surface area contributed by atoms with E-state index in [4.69, 9.17) is 5.73 Å². The lowest BCUT2D eigenvalue weighted by Crippen LogP contribution is -2.26. The third-order valence-corrected chi connectivity index (χ3v) is 2.79. The molecule has 82 valence electrons. The van der Waals surface area contributed by atoms with Gasteiger partial charge in [0.05, 0.1) is 0 Å². The van der Waals surface area contributed by atoms with Crippen molar-refractivity contribution >= 4 is 5.95 Å². The van der Waals surface area contributed by atoms with Crippen molar-refractivity contribution in [2.45, 2.75) is 38.6 Å². The molecule has 15 heavy (non-hydrogen) atoms. The predicted octanol–water partition coefficient (Wildman–Crippen LogP) is 1.11. The summed E-state index contributed by atoms with van der Waals surface area (Å²) < 4.78 is 0. The molecule has 4 heteroatoms. The van der Waals surface area contributed by atoms with Crippen molar-refractivity contribution in [2.75, 3.05) is 11.9 Å². The van der Waals surface area contributed by atoms with Crippen LogP contribution in [0, 0.1) is 0 Å². The lowest BCUT2D eigenvalue weighted by Gasteiger charge is -2.16. The van der Waals surface area contributed by atoms with E-state index in [1.165, 1.54) is 24.1 Å². The molecule has 1 unspecified atom stereocenters. The van der Waals surface area contributed by atoms with E-state index in [-0.39, 0.29) is 6.04 Å². The Kier molecular flexibility index (Phi) is 3.16. The maximum absolute atomic E-state index is 5.54. The Morgan fingerprint density at radius 3 is 3.07 bits per heavy atom. The molecule has 0 spiro atoms. The smallest absolute Gasteiger partial charge is 0.223 e. The fraction of sp³-hybridized carbons (Fsp3) is 0.636. The highest BCUT2D eigenvalue weighted by Crippen LogP contribution is 2.19. The fourth-order valence-electron chi connectivity index (χ4n) is 1.82. The van der Waals surface area contributed by atoms with Crippen molar-refractivity contribution in [1.29, 1.82) is 0 Å². The molecule has 0 fully saturated rings. The Labute approximate surface area is 90.3 Å². The first kappa shape index (κ1) is 10.4. The van der Waals surface area contributed by atoms with Gasteiger partial charge in [0.15, 0.2) is 0 Å². The topological polar surface area (TPSA) is 63.8 Å². The first-order valence-electron chi connectivity index (χ1n) is 5.61. The third-order valence-electron chi connectivity index (χ3n) is 2.79. The van der Waals surface area contributed by atoms with E-state index < -0.39 is 0 Å². The summed E-state index contributed by atoms with van der Waals surface area (Å²) in [7, 11) is 0. The molecule has 1 aliphatic rings. The second-order valence-electron chi connectivity index (χ2n) is 4.15. The van der Waals surface area contributed by atoms with Crippen molar-refractivity contribution in [3.05, 3.63) is 17.5 Å². The highest BCUT2D eigenvalue weighted by molar-refractivity contribution is 5.31. The summed E-state index contributed by atoms with van der Waals surface area (Å²) in [6.45, 7) is 2.63. The van der Waals surface area contributed by atoms with Crippen molar-refractivity contribution in [1.82, 2.24) is 9.97 Å². The number of hydrogen-bond acceptors (Lipinski definition) is 4. The quantitative estimate of drug-likeness (QED) is 0.777. The van der Waals surface area contributed by atoms with Crippen LogP contribution in [-0.2, 0) is 12.8 Å². The summed E-state index contributed by atoms with van der Waals surface area (Å²) in [5, 5.41) is 3.19. The number of fused-ring (bicyclic) bond motifs is 1. The minimum atomic E-state index is 0.228. The number of nitrogens with one attached hydrogen (secondary N) is 1. The SMILES string of the molecule is CC(CN)Nc1ncc2c(n1)CCCC2. The van der Waals surface area contributed by atoms with E-state index in [1.807, 2.05) is 13.1 Å². The summed E-state index contributed by atoms with van der Waals surface area (Å²) >= 11 is 0. The average molecular weight is 206 g/mol. The molecular weight excluding hydrogens is 188 g/mol. The maximum Gasteiger partial charge on any atom is 0.223 e. The molecule has 1 aromatic rings. The normalized spacial score (nSPS) is 16.9. The zero-order valence-electron chi connectivity index (χ0n) is 9.16. The molecular formula is C11H18N4. The Balaban J connectivity index is 2.13. The Morgan fingerprint density at radius 1 is 1.47 bits per heavy atom. The van der Waals surface area contributed by atoms with E-state index in [2.05, 4.69) is 15.3 Å². The molecule has 2 rings (SSSR count). The lowest BCUT2D eigenvalue weighted by atomic mass is 9.98. The molecule has 0 saturated heterocycles. The molecule has 0 aliphatic heterocycles. The highest BCUT2D eigenvalue weighted by Gasteiger charge is 2.12. The second-order valence-corrected chi connectivity index (χ2v) is 4.15. The number of aryl methyl sites for hydroxylation is 2. The largest absolute Gasteiger partial charge is 0.350 e. The van der Waals surface area contributed by atoms with Gasteiger partial charge in [0.25, 0.3) is 0 Å². The van der Waals surface area contributed by atoms with E-state index in [1.54, 1.807) is 0 Å². The van der Waals surface area contributed by atoms with Gasteiger partial charge in [-0.3, -0.25) is 0 Å². The van der Waals surface area contributed by atoms with Gasteiger partial charge in [-0.1, -0.05) is 0 Å². The van der Waals surface area contributed by atoms with Gasteiger partial charge in [0.2, 0.25) is 5.95 Å². The molecule has 1 heterocycles. The van der Waals surface area contributed by atoms with Crippen LogP contribution < -0.4 is 11.1 Å². The number of anilines is 1. The zero-order chi connectivity index (χ0) is 10.7. The Morgan fingerprint density at radius 2 is 2.27 bits per heavy atom. The number of nitrogens with zero attached hydrogens (tertiary/aromatic N) is 2. The van der Waals surface area contributed by atoms with Crippen molar-refractivity contribution in [3.63, 3.8) is 0 Å². The summed E-state index contributed by atoms with van der Waals surface area (Å²) in [6, 6.07) is 0.228.